The molecule has 0 aliphatic rings. The lowest BCUT2D eigenvalue weighted by molar-refractivity contribution is 0.305. The Labute approximate surface area is 123 Å². The monoisotopic (exact) mass is 324 g/mol. The van der Waals surface area contributed by atoms with Gasteiger partial charge in [-0.05, 0) is 48.6 Å². The van der Waals surface area contributed by atoms with Gasteiger partial charge >= 0.3 is 0 Å². The van der Waals surface area contributed by atoms with Crippen LogP contribution >= 0.6 is 15.9 Å². The fourth-order valence-corrected chi connectivity index (χ4v) is 2.57. The van der Waals surface area contributed by atoms with Crippen molar-refractivity contribution in [3.05, 3.63) is 34.5 Å². The van der Waals surface area contributed by atoms with Crippen molar-refractivity contribution in [2.24, 2.45) is 0 Å². The molecule has 3 nitrogen and oxygen atoms in total. The SMILES string of the molecule is CCN(C)CC(C)NCc1cc2cccc(Br)c2o1. The Morgan fingerprint density at radius 1 is 1.42 bits per heavy atom. The molecule has 1 heterocycles. The lowest BCUT2D eigenvalue weighted by Crippen LogP contribution is -2.36. The van der Waals surface area contributed by atoms with Crippen LogP contribution < -0.4 is 5.32 Å². The molecule has 0 fully saturated rings. The van der Waals surface area contributed by atoms with E-state index in [4.69, 9.17) is 4.42 Å². The molecule has 0 radical (unpaired) electrons. The Kier molecular flexibility index (Phi) is 5.02. The molecule has 1 unspecified atom stereocenters. The van der Waals surface area contributed by atoms with Crippen LogP contribution in [0.4, 0.5) is 0 Å². The summed E-state index contributed by atoms with van der Waals surface area (Å²) in [6.07, 6.45) is 0. The van der Waals surface area contributed by atoms with Crippen LogP contribution in [0.25, 0.3) is 11.0 Å². The molecule has 2 rings (SSSR count). The number of furan rings is 1. The quantitative estimate of drug-likeness (QED) is 0.879. The molecule has 104 valence electrons. The van der Waals surface area contributed by atoms with E-state index in [1.165, 1.54) is 0 Å². The van der Waals surface area contributed by atoms with Crippen LogP contribution in [0.1, 0.15) is 19.6 Å². The maximum absolute atomic E-state index is 5.86. The molecule has 0 aliphatic heterocycles. The highest BCUT2D eigenvalue weighted by molar-refractivity contribution is 9.10. The van der Waals surface area contributed by atoms with Crippen LogP contribution in [0.2, 0.25) is 0 Å². The zero-order chi connectivity index (χ0) is 13.8. The van der Waals surface area contributed by atoms with Crippen molar-refractivity contribution in [2.75, 3.05) is 20.1 Å². The van der Waals surface area contributed by atoms with Gasteiger partial charge < -0.3 is 14.6 Å². The highest BCUT2D eigenvalue weighted by atomic mass is 79.9. The second kappa shape index (κ2) is 6.55. The first kappa shape index (κ1) is 14.6. The molecule has 0 saturated carbocycles. The summed E-state index contributed by atoms with van der Waals surface area (Å²) in [6.45, 7) is 7.25. The van der Waals surface area contributed by atoms with Crippen LogP contribution in [-0.4, -0.2) is 31.1 Å². The summed E-state index contributed by atoms with van der Waals surface area (Å²) in [5.41, 5.74) is 0.928. The van der Waals surface area contributed by atoms with Gasteiger partial charge in [-0.25, -0.2) is 0 Å². The largest absolute Gasteiger partial charge is 0.459 e. The van der Waals surface area contributed by atoms with Crippen LogP contribution in [0.5, 0.6) is 0 Å². The fraction of sp³-hybridized carbons (Fsp3) is 0.467. The Morgan fingerprint density at radius 3 is 2.89 bits per heavy atom. The first-order valence-corrected chi connectivity index (χ1v) is 7.48. The topological polar surface area (TPSA) is 28.4 Å². The average molecular weight is 325 g/mol. The van der Waals surface area contributed by atoms with E-state index in [2.05, 4.69) is 59.2 Å². The molecule has 19 heavy (non-hydrogen) atoms. The van der Waals surface area contributed by atoms with E-state index in [9.17, 15) is 0 Å². The average Bonchev–Trinajstić information content (AvgIpc) is 2.81. The van der Waals surface area contributed by atoms with E-state index < -0.39 is 0 Å². The van der Waals surface area contributed by atoms with Crippen molar-refractivity contribution >= 4 is 26.9 Å². The lowest BCUT2D eigenvalue weighted by Gasteiger charge is -2.20. The van der Waals surface area contributed by atoms with Gasteiger partial charge in [0.05, 0.1) is 11.0 Å². The second-order valence-corrected chi connectivity index (χ2v) is 5.86. The molecule has 0 amide bonds. The van der Waals surface area contributed by atoms with E-state index in [1.54, 1.807) is 0 Å². The predicted molar refractivity (Wildman–Crippen MR) is 83.4 cm³/mol. The summed E-state index contributed by atoms with van der Waals surface area (Å²) >= 11 is 3.51. The normalized spacial score (nSPS) is 13.3. The molecular weight excluding hydrogens is 304 g/mol. The zero-order valence-corrected chi connectivity index (χ0v) is 13.3. The second-order valence-electron chi connectivity index (χ2n) is 5.01. The molecule has 1 N–H and O–H groups in total. The van der Waals surface area contributed by atoms with Crippen molar-refractivity contribution < 1.29 is 4.42 Å². The van der Waals surface area contributed by atoms with Gasteiger partial charge in [0.2, 0.25) is 0 Å². The molecule has 0 saturated heterocycles. The minimum Gasteiger partial charge on any atom is -0.459 e. The molecule has 1 aromatic heterocycles. The van der Waals surface area contributed by atoms with E-state index in [0.29, 0.717) is 6.04 Å². The van der Waals surface area contributed by atoms with Gasteiger partial charge in [0, 0.05) is 18.0 Å². The van der Waals surface area contributed by atoms with Crippen molar-refractivity contribution in [3.8, 4) is 0 Å². The number of fused-ring (bicyclic) bond motifs is 1. The van der Waals surface area contributed by atoms with Crippen LogP contribution in [0, 0.1) is 0 Å². The van der Waals surface area contributed by atoms with E-state index in [1.807, 2.05) is 12.1 Å². The lowest BCUT2D eigenvalue weighted by atomic mass is 10.2. The Hall–Kier alpha value is -0.840. The van der Waals surface area contributed by atoms with E-state index in [-0.39, 0.29) is 0 Å². The molecule has 0 aliphatic carbocycles. The van der Waals surface area contributed by atoms with Gasteiger partial charge in [-0.1, -0.05) is 19.1 Å². The fourth-order valence-electron chi connectivity index (χ4n) is 2.10. The van der Waals surface area contributed by atoms with Gasteiger partial charge in [-0.2, -0.15) is 0 Å². The van der Waals surface area contributed by atoms with Gasteiger partial charge in [0.15, 0.2) is 0 Å². The molecule has 4 heteroatoms. The molecule has 2 aromatic rings. The van der Waals surface area contributed by atoms with Crippen LogP contribution in [0.3, 0.4) is 0 Å². The number of likely N-dealkylation sites (N-methyl/N-ethyl adjacent to an activating group) is 1. The van der Waals surface area contributed by atoms with Crippen LogP contribution in [-0.2, 0) is 6.54 Å². The molecule has 0 bridgehead atoms. The van der Waals surface area contributed by atoms with E-state index in [0.717, 1.165) is 40.8 Å². The maximum Gasteiger partial charge on any atom is 0.148 e. The molecule has 1 atom stereocenters. The Morgan fingerprint density at radius 2 is 2.21 bits per heavy atom. The number of nitrogens with one attached hydrogen (secondary N) is 1. The minimum absolute atomic E-state index is 0.446. The van der Waals surface area contributed by atoms with Gasteiger partial charge in [-0.3, -0.25) is 0 Å². The summed E-state index contributed by atoms with van der Waals surface area (Å²) in [7, 11) is 2.14. The third kappa shape index (κ3) is 3.81. The highest BCUT2D eigenvalue weighted by Gasteiger charge is 2.09. The minimum atomic E-state index is 0.446. The number of benzene rings is 1. The molecule has 1 aromatic carbocycles. The first-order chi connectivity index (χ1) is 9.10. The smallest absolute Gasteiger partial charge is 0.148 e. The summed E-state index contributed by atoms with van der Waals surface area (Å²) in [5, 5.41) is 4.64. The molecule has 0 spiro atoms. The third-order valence-corrected chi connectivity index (χ3v) is 3.92. The maximum atomic E-state index is 5.86. The Bertz CT molecular complexity index is 538. The number of rotatable bonds is 6. The van der Waals surface area contributed by atoms with Gasteiger partial charge in [-0.15, -0.1) is 0 Å². The zero-order valence-electron chi connectivity index (χ0n) is 11.7. The molecular formula is C15H21BrN2O. The third-order valence-electron chi connectivity index (χ3n) is 3.30. The van der Waals surface area contributed by atoms with E-state index >= 15 is 0 Å². The number of hydrogen-bond donors (Lipinski definition) is 1. The summed E-state index contributed by atoms with van der Waals surface area (Å²) in [6, 6.07) is 8.64. The van der Waals surface area contributed by atoms with Crippen molar-refractivity contribution in [3.63, 3.8) is 0 Å². The summed E-state index contributed by atoms with van der Waals surface area (Å²) < 4.78 is 6.87. The standard InChI is InChI=1S/C15H21BrN2O/c1-4-18(3)10-11(2)17-9-13-8-12-6-5-7-14(16)15(12)19-13/h5-8,11,17H,4,9-10H2,1-3H3. The van der Waals surface area contributed by atoms with Gasteiger partial charge in [0.1, 0.15) is 11.3 Å². The summed E-state index contributed by atoms with van der Waals surface area (Å²) in [4.78, 5) is 2.30. The Balaban J connectivity index is 1.96. The number of hydrogen-bond acceptors (Lipinski definition) is 3. The van der Waals surface area contributed by atoms with Crippen LogP contribution in [0.15, 0.2) is 33.2 Å². The van der Waals surface area contributed by atoms with Gasteiger partial charge in [0.25, 0.3) is 0 Å². The number of para-hydroxylation sites is 1. The van der Waals surface area contributed by atoms with Crippen molar-refractivity contribution in [2.45, 2.75) is 26.4 Å². The number of nitrogens with zero attached hydrogens (tertiary/aromatic N) is 1. The van der Waals surface area contributed by atoms with Crippen molar-refractivity contribution in [1.82, 2.24) is 10.2 Å². The highest BCUT2D eigenvalue weighted by Crippen LogP contribution is 2.26. The van der Waals surface area contributed by atoms with Crippen molar-refractivity contribution in [1.29, 1.82) is 0 Å². The first-order valence-electron chi connectivity index (χ1n) is 6.69. The number of halogens is 1. The summed E-state index contributed by atoms with van der Waals surface area (Å²) in [5.74, 6) is 0.980. The predicted octanol–water partition coefficient (Wildman–Crippen LogP) is 3.63.